The number of esters is 1. The second-order valence-electron chi connectivity index (χ2n) is 15.7. The number of nitrogens with one attached hydrogen (secondary N) is 1. The average molecular weight is 889 g/mol. The Bertz CT molecular complexity index is 2450. The van der Waals surface area contributed by atoms with Gasteiger partial charge in [-0.25, -0.2) is 24.7 Å². The number of nitrogens with two attached hydrogens (primary N) is 2. The maximum Gasteiger partial charge on any atom is 0.357 e. The molecule has 19 heteroatoms. The first kappa shape index (κ1) is 45.3. The van der Waals surface area contributed by atoms with E-state index in [-0.39, 0.29) is 52.5 Å². The summed E-state index contributed by atoms with van der Waals surface area (Å²) >= 11 is 3.68. The van der Waals surface area contributed by atoms with Crippen LogP contribution in [0.5, 0.6) is 0 Å². The van der Waals surface area contributed by atoms with Crippen LogP contribution in [0.2, 0.25) is 0 Å². The molecule has 7 N–H and O–H groups in total. The molecule has 6 rings (SSSR count). The van der Waals surface area contributed by atoms with Gasteiger partial charge in [0, 0.05) is 46.9 Å². The number of nitrogens with zero attached hydrogens (tertiary/aromatic N) is 5. The van der Waals surface area contributed by atoms with Crippen molar-refractivity contribution >= 4 is 75.1 Å². The average Bonchev–Trinajstić information content (AvgIpc) is 4.03. The first-order valence-electron chi connectivity index (χ1n) is 19.6. The molecule has 61 heavy (non-hydrogen) atoms. The van der Waals surface area contributed by atoms with E-state index >= 15 is 0 Å². The van der Waals surface area contributed by atoms with Crippen molar-refractivity contribution in [3.8, 4) is 0 Å². The van der Waals surface area contributed by atoms with Gasteiger partial charge in [-0.1, -0.05) is 39.5 Å². The van der Waals surface area contributed by atoms with Crippen LogP contribution in [0.25, 0.3) is 6.08 Å². The standard InChI is InChI=1S/C42H48N8O8S3/c1-18(2)31(53)11-13-42(41-50-29(16-61-41)36(44)55)12-10-26(38-49-30(17-59-38)37(56)45-20(4)21(5)51)47-35(42)28-15-60-39(48-28)32(43)23(7)58-40(57)27-14-25(22(6)52)24-9-8-19(3)34(54)33(24)46-27/h8-9,14-19,22-23,32,34-35,52,54H,4,10-13,43H2,1-3,5-7H3,(H2,44,55)(H,45,56). The molecular formula is C42H48N8O8S3. The van der Waals surface area contributed by atoms with Crippen molar-refractivity contribution in [1.82, 2.24) is 25.3 Å². The highest BCUT2D eigenvalue weighted by Crippen LogP contribution is 2.51. The van der Waals surface area contributed by atoms with Gasteiger partial charge in [0.25, 0.3) is 11.8 Å². The van der Waals surface area contributed by atoms with Crippen molar-refractivity contribution < 1.29 is 38.9 Å². The molecule has 1 aliphatic heterocycles. The highest BCUT2D eigenvalue weighted by Gasteiger charge is 2.48. The lowest BCUT2D eigenvalue weighted by Crippen LogP contribution is -2.39. The minimum absolute atomic E-state index is 0.0356. The Balaban J connectivity index is 1.35. The quantitative estimate of drug-likeness (QED) is 0.0674. The number of aliphatic imine (C=N–C) groups is 1. The SMILES string of the molecule is C=C(NC(=O)c1csc(C2=NC(c3csc(C(N)C(C)OC(=O)c4cc(C(C)O)c5c(n4)C(O)C(C)C=C5)n3)C(CCC(=O)C(C)C)(c3nc(C(N)=O)cs3)CC2)n1)C(C)=O. The predicted octanol–water partition coefficient (Wildman–Crippen LogP) is 5.64. The first-order chi connectivity index (χ1) is 28.8. The number of primary amides is 1. The Morgan fingerprint density at radius 1 is 1.02 bits per heavy atom. The molecule has 1 aliphatic carbocycles. The zero-order valence-electron chi connectivity index (χ0n) is 34.5. The molecule has 0 spiro atoms. The number of hydrogen-bond acceptors (Lipinski definition) is 17. The molecule has 0 aromatic carbocycles. The fraction of sp³-hybridized carbons (Fsp3) is 0.429. The maximum absolute atomic E-state index is 13.6. The second kappa shape index (κ2) is 18.4. The highest BCUT2D eigenvalue weighted by molar-refractivity contribution is 7.12. The number of fused-ring (bicyclic) bond motifs is 1. The fourth-order valence-corrected chi connectivity index (χ4v) is 9.96. The number of aromatic nitrogens is 4. The zero-order chi connectivity index (χ0) is 44.5. The fourth-order valence-electron chi connectivity index (χ4n) is 7.11. The third kappa shape index (κ3) is 9.51. The molecule has 0 bridgehead atoms. The predicted molar refractivity (Wildman–Crippen MR) is 231 cm³/mol. The van der Waals surface area contributed by atoms with Crippen molar-refractivity contribution in [3.05, 3.63) is 95.2 Å². The molecule has 16 nitrogen and oxygen atoms in total. The van der Waals surface area contributed by atoms with Gasteiger partial charge >= 0.3 is 5.97 Å². The second-order valence-corrected chi connectivity index (χ2v) is 18.3. The number of hydrogen-bond donors (Lipinski definition) is 5. The number of thiazole rings is 3. The Labute approximate surface area is 364 Å². The van der Waals surface area contributed by atoms with Gasteiger partial charge in [0.2, 0.25) is 0 Å². The van der Waals surface area contributed by atoms with E-state index in [0.29, 0.717) is 56.8 Å². The Morgan fingerprint density at radius 3 is 2.39 bits per heavy atom. The number of ether oxygens (including phenoxy) is 1. The molecule has 7 unspecified atom stereocenters. The summed E-state index contributed by atoms with van der Waals surface area (Å²) in [5, 5.41) is 30.3. The van der Waals surface area contributed by atoms with E-state index < -0.39 is 59.4 Å². The van der Waals surface area contributed by atoms with Crippen LogP contribution in [0.1, 0.15) is 161 Å². The summed E-state index contributed by atoms with van der Waals surface area (Å²) in [6.45, 7) is 13.5. The molecule has 0 saturated heterocycles. The first-order valence-corrected chi connectivity index (χ1v) is 22.3. The number of allylic oxidation sites excluding steroid dienone is 1. The van der Waals surface area contributed by atoms with E-state index in [1.807, 2.05) is 26.8 Å². The number of aliphatic hydroxyl groups is 2. The van der Waals surface area contributed by atoms with Crippen molar-refractivity contribution in [3.63, 3.8) is 0 Å². The number of carbonyl (C=O) groups excluding carboxylic acids is 5. The van der Waals surface area contributed by atoms with Crippen LogP contribution >= 0.6 is 34.0 Å². The summed E-state index contributed by atoms with van der Waals surface area (Å²) in [7, 11) is 0. The van der Waals surface area contributed by atoms with Gasteiger partial charge < -0.3 is 31.7 Å². The highest BCUT2D eigenvalue weighted by atomic mass is 32.1. The maximum atomic E-state index is 13.6. The van der Waals surface area contributed by atoms with Crippen molar-refractivity contribution in [2.24, 2.45) is 28.3 Å². The normalized spacial score (nSPS) is 21.2. The Hall–Kier alpha value is -5.18. The molecule has 322 valence electrons. The number of rotatable bonds is 16. The van der Waals surface area contributed by atoms with Crippen LogP contribution in [0.3, 0.4) is 0 Å². The monoisotopic (exact) mass is 888 g/mol. The van der Waals surface area contributed by atoms with Gasteiger partial charge in [0.1, 0.15) is 56.1 Å². The summed E-state index contributed by atoms with van der Waals surface area (Å²) in [5.74, 6) is -2.94. The molecule has 2 aliphatic rings. The number of carbonyl (C=O) groups is 5. The molecular weight excluding hydrogens is 841 g/mol. The van der Waals surface area contributed by atoms with E-state index in [1.165, 1.54) is 47.0 Å². The van der Waals surface area contributed by atoms with Crippen LogP contribution in [-0.4, -0.2) is 71.3 Å². The van der Waals surface area contributed by atoms with Gasteiger partial charge in [0.05, 0.1) is 40.4 Å². The molecule has 0 fully saturated rings. The number of amides is 2. The summed E-state index contributed by atoms with van der Waals surface area (Å²) in [5.41, 5.74) is 13.7. The largest absolute Gasteiger partial charge is 0.456 e. The lowest BCUT2D eigenvalue weighted by Gasteiger charge is -2.40. The summed E-state index contributed by atoms with van der Waals surface area (Å²) in [6, 6.07) is -0.248. The molecule has 0 saturated carbocycles. The number of aliphatic hydroxyl groups excluding tert-OH is 2. The molecule has 2 amide bonds. The minimum atomic E-state index is -0.987. The van der Waals surface area contributed by atoms with E-state index in [0.717, 1.165) is 0 Å². The smallest absolute Gasteiger partial charge is 0.357 e. The van der Waals surface area contributed by atoms with Crippen LogP contribution in [-0.2, 0) is 19.7 Å². The van der Waals surface area contributed by atoms with Crippen molar-refractivity contribution in [2.45, 2.75) is 103 Å². The third-order valence-electron chi connectivity index (χ3n) is 11.0. The van der Waals surface area contributed by atoms with Crippen LogP contribution in [0.4, 0.5) is 0 Å². The third-order valence-corrected chi connectivity index (χ3v) is 13.9. The van der Waals surface area contributed by atoms with Crippen LogP contribution < -0.4 is 16.8 Å². The van der Waals surface area contributed by atoms with Crippen LogP contribution in [0, 0.1) is 11.8 Å². The Kier molecular flexibility index (Phi) is 13.7. The number of pyridine rings is 1. The van der Waals surface area contributed by atoms with Crippen molar-refractivity contribution in [2.75, 3.05) is 0 Å². The topological polar surface area (TPSA) is 263 Å². The minimum Gasteiger partial charge on any atom is -0.456 e. The zero-order valence-corrected chi connectivity index (χ0v) is 37.0. The summed E-state index contributed by atoms with van der Waals surface area (Å²) < 4.78 is 5.83. The van der Waals surface area contributed by atoms with Crippen LogP contribution in [0.15, 0.2) is 45.6 Å². The molecule has 4 aromatic heterocycles. The van der Waals surface area contributed by atoms with Gasteiger partial charge in [-0.15, -0.1) is 34.0 Å². The van der Waals surface area contributed by atoms with Gasteiger partial charge in [-0.2, -0.15) is 0 Å². The Morgan fingerprint density at radius 2 is 1.74 bits per heavy atom. The van der Waals surface area contributed by atoms with E-state index in [4.69, 9.17) is 26.2 Å². The number of ketones is 2. The van der Waals surface area contributed by atoms with Gasteiger partial charge in [0.15, 0.2) is 5.78 Å². The van der Waals surface area contributed by atoms with E-state index in [9.17, 15) is 34.2 Å². The molecule has 0 radical (unpaired) electrons. The lowest BCUT2D eigenvalue weighted by molar-refractivity contribution is -0.122. The summed E-state index contributed by atoms with van der Waals surface area (Å²) in [6.07, 6.45) is 2.02. The van der Waals surface area contributed by atoms with E-state index in [2.05, 4.69) is 26.8 Å². The lowest BCUT2D eigenvalue weighted by atomic mass is 9.69. The molecule has 7 atom stereocenters. The van der Waals surface area contributed by atoms with E-state index in [1.54, 1.807) is 36.1 Å². The van der Waals surface area contributed by atoms with Gasteiger partial charge in [-0.05, 0) is 44.7 Å². The molecule has 5 heterocycles. The van der Waals surface area contributed by atoms with Gasteiger partial charge in [-0.3, -0.25) is 24.2 Å². The van der Waals surface area contributed by atoms with Crippen molar-refractivity contribution in [1.29, 1.82) is 0 Å². The summed E-state index contributed by atoms with van der Waals surface area (Å²) in [4.78, 5) is 87.5. The molecule has 4 aromatic rings. The number of Topliss-reactive ketones (excluding diaryl/α,β-unsaturated/α-hetero) is 2.